The van der Waals surface area contributed by atoms with Gasteiger partial charge in [-0.3, -0.25) is 0 Å². The molecule has 7 heteroatoms. The fourth-order valence-electron chi connectivity index (χ4n) is 4.39. The van der Waals surface area contributed by atoms with Crippen molar-refractivity contribution in [2.45, 2.75) is 12.5 Å². The third-order valence-electron chi connectivity index (χ3n) is 6.21. The standard InChI is InChI=1S/C30H23Cl2N3O2/c1-37-30(36)23-4-2-3-19(15-23)17-33-29-26-16-22(9-14-27(26)34-18-35-29)28(20-5-10-24(31)11-6-20)21-7-12-25(32)13-8-21/h2-16,18,28H,17H2,1H3,(H,33,34,35). The summed E-state index contributed by atoms with van der Waals surface area (Å²) < 4.78 is 4.84. The summed E-state index contributed by atoms with van der Waals surface area (Å²) in [4.78, 5) is 20.9. The third-order valence-corrected chi connectivity index (χ3v) is 6.71. The number of hydrogen-bond donors (Lipinski definition) is 1. The van der Waals surface area contributed by atoms with Gasteiger partial charge in [-0.15, -0.1) is 0 Å². The average molecular weight is 528 g/mol. The number of carbonyl (C=O) groups is 1. The molecule has 0 saturated carbocycles. The van der Waals surface area contributed by atoms with E-state index in [0.29, 0.717) is 28.0 Å². The van der Waals surface area contributed by atoms with Crippen molar-refractivity contribution in [2.24, 2.45) is 0 Å². The molecule has 5 rings (SSSR count). The van der Waals surface area contributed by atoms with E-state index < -0.39 is 0 Å². The molecular formula is C30H23Cl2N3O2. The summed E-state index contributed by atoms with van der Waals surface area (Å²) in [7, 11) is 1.37. The van der Waals surface area contributed by atoms with Gasteiger partial charge in [-0.1, -0.05) is 65.7 Å². The van der Waals surface area contributed by atoms with Gasteiger partial charge in [0.1, 0.15) is 12.1 Å². The predicted molar refractivity (Wildman–Crippen MR) is 148 cm³/mol. The van der Waals surface area contributed by atoms with Crippen LogP contribution in [0.2, 0.25) is 10.0 Å². The highest BCUT2D eigenvalue weighted by Gasteiger charge is 2.18. The van der Waals surface area contributed by atoms with Gasteiger partial charge in [-0.25, -0.2) is 14.8 Å². The molecule has 5 nitrogen and oxygen atoms in total. The van der Waals surface area contributed by atoms with Crippen LogP contribution >= 0.6 is 23.2 Å². The third kappa shape index (κ3) is 5.58. The van der Waals surface area contributed by atoms with Gasteiger partial charge in [-0.2, -0.15) is 0 Å². The first-order valence-corrected chi connectivity index (χ1v) is 12.4. The highest BCUT2D eigenvalue weighted by Crippen LogP contribution is 2.35. The van der Waals surface area contributed by atoms with Crippen LogP contribution in [-0.2, 0) is 11.3 Å². The van der Waals surface area contributed by atoms with Crippen LogP contribution in [0.15, 0.2) is 97.3 Å². The number of carbonyl (C=O) groups excluding carboxylic acids is 1. The number of esters is 1. The molecule has 184 valence electrons. The predicted octanol–water partition coefficient (Wildman–Crippen LogP) is 7.52. The van der Waals surface area contributed by atoms with E-state index in [9.17, 15) is 4.79 Å². The molecule has 0 atom stereocenters. The van der Waals surface area contributed by atoms with E-state index in [-0.39, 0.29) is 11.9 Å². The van der Waals surface area contributed by atoms with E-state index in [1.54, 1.807) is 12.4 Å². The second-order valence-electron chi connectivity index (χ2n) is 8.58. The van der Waals surface area contributed by atoms with E-state index in [2.05, 4.69) is 27.4 Å². The first-order valence-electron chi connectivity index (χ1n) is 11.7. The van der Waals surface area contributed by atoms with E-state index in [1.807, 2.05) is 72.8 Å². The molecule has 0 bridgehead atoms. The SMILES string of the molecule is COC(=O)c1cccc(CNc2ncnc3ccc(C(c4ccc(Cl)cc4)c4ccc(Cl)cc4)cc23)c1. The zero-order chi connectivity index (χ0) is 25.8. The number of anilines is 1. The van der Waals surface area contributed by atoms with Crippen LogP contribution in [0.1, 0.15) is 38.5 Å². The largest absolute Gasteiger partial charge is 0.465 e. The minimum Gasteiger partial charge on any atom is -0.465 e. The number of nitrogens with one attached hydrogen (secondary N) is 1. The lowest BCUT2D eigenvalue weighted by atomic mass is 9.85. The molecule has 0 unspecified atom stereocenters. The van der Waals surface area contributed by atoms with Gasteiger partial charge in [0, 0.05) is 27.9 Å². The quantitative estimate of drug-likeness (QED) is 0.175. The van der Waals surface area contributed by atoms with Gasteiger partial charge in [-0.05, 0) is 70.8 Å². The molecule has 0 amide bonds. The van der Waals surface area contributed by atoms with Crippen molar-refractivity contribution in [1.82, 2.24) is 9.97 Å². The van der Waals surface area contributed by atoms with Crippen LogP contribution in [0, 0.1) is 0 Å². The van der Waals surface area contributed by atoms with Gasteiger partial charge < -0.3 is 10.1 Å². The topological polar surface area (TPSA) is 64.1 Å². The van der Waals surface area contributed by atoms with Crippen LogP contribution < -0.4 is 5.32 Å². The monoisotopic (exact) mass is 527 g/mol. The highest BCUT2D eigenvalue weighted by atomic mass is 35.5. The molecule has 0 aliphatic carbocycles. The molecule has 5 aromatic rings. The first kappa shape index (κ1) is 24.8. The van der Waals surface area contributed by atoms with Crippen LogP contribution in [0.5, 0.6) is 0 Å². The Hall–Kier alpha value is -3.93. The lowest BCUT2D eigenvalue weighted by Gasteiger charge is -2.20. The summed E-state index contributed by atoms with van der Waals surface area (Å²) in [5.41, 5.74) is 5.57. The van der Waals surface area contributed by atoms with Crippen molar-refractivity contribution in [1.29, 1.82) is 0 Å². The lowest BCUT2D eigenvalue weighted by Crippen LogP contribution is -2.06. The number of aromatic nitrogens is 2. The van der Waals surface area contributed by atoms with E-state index in [1.165, 1.54) is 7.11 Å². The second kappa shape index (κ2) is 11.0. The van der Waals surface area contributed by atoms with Gasteiger partial charge in [0.2, 0.25) is 0 Å². The molecule has 0 saturated heterocycles. The second-order valence-corrected chi connectivity index (χ2v) is 9.45. The Balaban J connectivity index is 1.52. The first-order chi connectivity index (χ1) is 18.0. The van der Waals surface area contributed by atoms with Crippen molar-refractivity contribution in [2.75, 3.05) is 12.4 Å². The maximum absolute atomic E-state index is 11.9. The zero-order valence-corrected chi connectivity index (χ0v) is 21.5. The fourth-order valence-corrected chi connectivity index (χ4v) is 4.65. The minimum atomic E-state index is -0.366. The summed E-state index contributed by atoms with van der Waals surface area (Å²) in [6.45, 7) is 0.485. The zero-order valence-electron chi connectivity index (χ0n) is 20.0. The van der Waals surface area contributed by atoms with Gasteiger partial charge in [0.15, 0.2) is 0 Å². The molecule has 37 heavy (non-hydrogen) atoms. The highest BCUT2D eigenvalue weighted by molar-refractivity contribution is 6.30. The normalized spacial score (nSPS) is 11.0. The molecule has 0 radical (unpaired) electrons. The maximum atomic E-state index is 11.9. The summed E-state index contributed by atoms with van der Waals surface area (Å²) in [5, 5.41) is 5.69. The molecule has 0 aliphatic rings. The Morgan fingerprint density at radius 1 is 0.838 bits per heavy atom. The Kier molecular flexibility index (Phi) is 7.35. The molecular weight excluding hydrogens is 505 g/mol. The van der Waals surface area contributed by atoms with Crippen LogP contribution in [0.4, 0.5) is 5.82 Å². The van der Waals surface area contributed by atoms with Crippen molar-refractivity contribution in [3.8, 4) is 0 Å². The lowest BCUT2D eigenvalue weighted by molar-refractivity contribution is 0.0600. The van der Waals surface area contributed by atoms with Crippen LogP contribution in [0.25, 0.3) is 10.9 Å². The van der Waals surface area contributed by atoms with Crippen molar-refractivity contribution < 1.29 is 9.53 Å². The number of benzene rings is 4. The van der Waals surface area contributed by atoms with E-state index >= 15 is 0 Å². The number of ether oxygens (including phenoxy) is 1. The van der Waals surface area contributed by atoms with Gasteiger partial charge >= 0.3 is 5.97 Å². The smallest absolute Gasteiger partial charge is 0.337 e. The molecule has 1 N–H and O–H groups in total. The van der Waals surface area contributed by atoms with Gasteiger partial charge in [0.05, 0.1) is 18.2 Å². The molecule has 4 aromatic carbocycles. The molecule has 0 fully saturated rings. The van der Waals surface area contributed by atoms with E-state index in [0.717, 1.165) is 33.2 Å². The van der Waals surface area contributed by atoms with Crippen LogP contribution in [-0.4, -0.2) is 23.0 Å². The fraction of sp³-hybridized carbons (Fsp3) is 0.100. The summed E-state index contributed by atoms with van der Waals surface area (Å²) in [6.07, 6.45) is 1.55. The number of hydrogen-bond acceptors (Lipinski definition) is 5. The summed E-state index contributed by atoms with van der Waals surface area (Å²) in [5.74, 6) is 0.305. The van der Waals surface area contributed by atoms with Crippen molar-refractivity contribution >= 4 is 45.9 Å². The van der Waals surface area contributed by atoms with Crippen LogP contribution in [0.3, 0.4) is 0 Å². The molecule has 0 spiro atoms. The summed E-state index contributed by atoms with van der Waals surface area (Å²) >= 11 is 12.4. The molecule has 1 heterocycles. The Labute approximate surface area is 225 Å². The number of fused-ring (bicyclic) bond motifs is 1. The minimum absolute atomic E-state index is 0.0382. The Morgan fingerprint density at radius 3 is 2.14 bits per heavy atom. The Morgan fingerprint density at radius 2 is 1.49 bits per heavy atom. The Bertz CT molecular complexity index is 1510. The average Bonchev–Trinajstić information content (AvgIpc) is 2.93. The number of methoxy groups -OCH3 is 1. The molecule has 1 aromatic heterocycles. The number of nitrogens with zero attached hydrogens (tertiary/aromatic N) is 2. The van der Waals surface area contributed by atoms with E-state index in [4.69, 9.17) is 27.9 Å². The summed E-state index contributed by atoms with van der Waals surface area (Å²) in [6, 6.07) is 29.3. The molecule has 0 aliphatic heterocycles. The van der Waals surface area contributed by atoms with Gasteiger partial charge in [0.25, 0.3) is 0 Å². The number of rotatable bonds is 7. The van der Waals surface area contributed by atoms with Crippen molar-refractivity contribution in [3.63, 3.8) is 0 Å². The van der Waals surface area contributed by atoms with Crippen molar-refractivity contribution in [3.05, 3.63) is 135 Å². The maximum Gasteiger partial charge on any atom is 0.337 e. The number of halogens is 2.